The van der Waals surface area contributed by atoms with Crippen molar-refractivity contribution in [2.45, 2.75) is 24.5 Å². The average Bonchev–Trinajstić information content (AvgIpc) is 3.26. The van der Waals surface area contributed by atoms with Gasteiger partial charge in [-0.3, -0.25) is 4.79 Å². The Morgan fingerprint density at radius 3 is 2.39 bits per heavy atom. The van der Waals surface area contributed by atoms with Crippen molar-refractivity contribution in [3.63, 3.8) is 0 Å². The molecule has 9 heteroatoms. The molecule has 2 aliphatic heterocycles. The number of benzene rings is 1. The Kier molecular flexibility index (Phi) is 5.93. The fraction of sp³-hybridized carbons (Fsp3) is 0.455. The van der Waals surface area contributed by atoms with E-state index in [1.807, 2.05) is 29.2 Å². The molecule has 0 N–H and O–H groups in total. The van der Waals surface area contributed by atoms with Crippen LogP contribution in [0.5, 0.6) is 0 Å². The third kappa shape index (κ3) is 4.61. The zero-order valence-electron chi connectivity index (χ0n) is 17.4. The lowest BCUT2D eigenvalue weighted by Gasteiger charge is -2.36. The number of amides is 1. The normalized spacial score (nSPS) is 17.4. The first-order chi connectivity index (χ1) is 15.3. The van der Waals surface area contributed by atoms with Crippen LogP contribution in [-0.2, 0) is 4.79 Å². The van der Waals surface area contributed by atoms with Crippen LogP contribution in [0.1, 0.15) is 19.3 Å². The van der Waals surface area contributed by atoms with Crippen LogP contribution in [0.25, 0.3) is 11.1 Å². The van der Waals surface area contributed by atoms with Crippen molar-refractivity contribution >= 4 is 40.4 Å². The summed E-state index contributed by atoms with van der Waals surface area (Å²) in [5.74, 6) is 2.41. The predicted molar refractivity (Wildman–Crippen MR) is 122 cm³/mol. The minimum absolute atomic E-state index is 0.114. The first kappa shape index (κ1) is 20.1. The van der Waals surface area contributed by atoms with Crippen molar-refractivity contribution < 1.29 is 9.21 Å². The zero-order valence-corrected chi connectivity index (χ0v) is 18.3. The van der Waals surface area contributed by atoms with E-state index < -0.39 is 0 Å². The largest absolute Gasteiger partial charge is 0.431 e. The number of aromatic nitrogens is 3. The quantitative estimate of drug-likeness (QED) is 0.563. The van der Waals surface area contributed by atoms with Gasteiger partial charge in [-0.2, -0.15) is 0 Å². The maximum Gasteiger partial charge on any atom is 0.257 e. The smallest absolute Gasteiger partial charge is 0.257 e. The summed E-state index contributed by atoms with van der Waals surface area (Å²) in [4.78, 5) is 32.6. The van der Waals surface area contributed by atoms with Gasteiger partial charge in [0.05, 0.1) is 5.75 Å². The number of hydrogen-bond donors (Lipinski definition) is 0. The molecule has 0 saturated carbocycles. The number of carbonyl (C=O) groups excluding carboxylic acids is 1. The number of thioether (sulfide) groups is 1. The molecule has 2 aromatic heterocycles. The van der Waals surface area contributed by atoms with Crippen LogP contribution >= 0.6 is 11.8 Å². The molecular weight excluding hydrogens is 412 g/mol. The number of hydrogen-bond acceptors (Lipinski definition) is 8. The molecule has 3 aromatic rings. The van der Waals surface area contributed by atoms with Crippen molar-refractivity contribution in [3.8, 4) is 0 Å². The van der Waals surface area contributed by atoms with Gasteiger partial charge in [-0.1, -0.05) is 23.9 Å². The van der Waals surface area contributed by atoms with Gasteiger partial charge in [0.1, 0.15) is 23.5 Å². The van der Waals surface area contributed by atoms with E-state index in [4.69, 9.17) is 4.42 Å². The minimum Gasteiger partial charge on any atom is -0.431 e. The second-order valence-corrected chi connectivity index (χ2v) is 8.81. The molecule has 2 fully saturated rings. The highest BCUT2D eigenvalue weighted by Crippen LogP contribution is 2.24. The second kappa shape index (κ2) is 9.13. The number of oxazole rings is 1. The van der Waals surface area contributed by atoms with Crippen LogP contribution in [0.4, 0.5) is 11.6 Å². The van der Waals surface area contributed by atoms with Crippen molar-refractivity contribution in [3.05, 3.63) is 36.7 Å². The molecule has 1 amide bonds. The maximum atomic E-state index is 12.7. The number of para-hydroxylation sites is 2. The molecule has 0 radical (unpaired) electrons. The summed E-state index contributed by atoms with van der Waals surface area (Å²) in [5.41, 5.74) is 1.57. The van der Waals surface area contributed by atoms with Crippen LogP contribution in [0, 0.1) is 0 Å². The fourth-order valence-electron chi connectivity index (χ4n) is 4.12. The van der Waals surface area contributed by atoms with Crippen molar-refractivity contribution in [1.82, 2.24) is 19.9 Å². The molecule has 0 bridgehead atoms. The lowest BCUT2D eigenvalue weighted by Crippen LogP contribution is -2.49. The van der Waals surface area contributed by atoms with E-state index in [1.165, 1.54) is 31.0 Å². The van der Waals surface area contributed by atoms with E-state index in [0.29, 0.717) is 24.1 Å². The van der Waals surface area contributed by atoms with Gasteiger partial charge in [-0.25, -0.2) is 15.0 Å². The molecule has 4 heterocycles. The van der Waals surface area contributed by atoms with E-state index >= 15 is 0 Å². The lowest BCUT2D eigenvalue weighted by molar-refractivity contribution is -0.128. The molecule has 8 nitrogen and oxygen atoms in total. The number of anilines is 2. The first-order valence-corrected chi connectivity index (χ1v) is 11.8. The molecule has 1 aromatic carbocycles. The maximum absolute atomic E-state index is 12.7. The summed E-state index contributed by atoms with van der Waals surface area (Å²) < 4.78 is 5.70. The van der Waals surface area contributed by atoms with Crippen LogP contribution in [-0.4, -0.2) is 70.8 Å². The lowest BCUT2D eigenvalue weighted by atomic mass is 10.1. The first-order valence-electron chi connectivity index (χ1n) is 10.8. The van der Waals surface area contributed by atoms with E-state index in [0.717, 1.165) is 48.9 Å². The van der Waals surface area contributed by atoms with Crippen LogP contribution in [0.3, 0.4) is 0 Å². The highest BCUT2D eigenvalue weighted by molar-refractivity contribution is 7.99. The Hall–Kier alpha value is -2.81. The molecule has 31 heavy (non-hydrogen) atoms. The summed E-state index contributed by atoms with van der Waals surface area (Å²) in [6.07, 6.45) is 5.41. The van der Waals surface area contributed by atoms with Crippen molar-refractivity contribution in [2.75, 3.05) is 54.8 Å². The molecule has 162 valence electrons. The molecule has 0 atom stereocenters. The van der Waals surface area contributed by atoms with Gasteiger partial charge in [0.25, 0.3) is 5.22 Å². The van der Waals surface area contributed by atoms with Crippen LogP contribution in [0.15, 0.2) is 46.3 Å². The van der Waals surface area contributed by atoms with E-state index in [-0.39, 0.29) is 5.91 Å². The van der Waals surface area contributed by atoms with Crippen LogP contribution < -0.4 is 9.80 Å². The van der Waals surface area contributed by atoms with Crippen LogP contribution in [0.2, 0.25) is 0 Å². The van der Waals surface area contributed by atoms with Crippen molar-refractivity contribution in [2.24, 2.45) is 0 Å². The highest BCUT2D eigenvalue weighted by atomic mass is 32.2. The highest BCUT2D eigenvalue weighted by Gasteiger charge is 2.23. The minimum atomic E-state index is 0.114. The number of carbonyl (C=O) groups is 1. The van der Waals surface area contributed by atoms with Gasteiger partial charge in [0, 0.05) is 45.3 Å². The molecule has 0 spiro atoms. The Labute approximate surface area is 185 Å². The molecule has 5 rings (SSSR count). The summed E-state index contributed by atoms with van der Waals surface area (Å²) >= 11 is 1.35. The van der Waals surface area contributed by atoms with Gasteiger partial charge in [0.2, 0.25) is 5.91 Å². The number of nitrogens with zero attached hydrogens (tertiary/aromatic N) is 6. The third-order valence-electron chi connectivity index (χ3n) is 5.87. The summed E-state index contributed by atoms with van der Waals surface area (Å²) in [7, 11) is 0. The van der Waals surface area contributed by atoms with Gasteiger partial charge < -0.3 is 19.1 Å². The Balaban J connectivity index is 1.14. The predicted octanol–water partition coefficient (Wildman–Crippen LogP) is 3.05. The molecule has 0 unspecified atom stereocenters. The molecule has 2 saturated heterocycles. The average molecular weight is 439 g/mol. The number of rotatable bonds is 5. The van der Waals surface area contributed by atoms with Gasteiger partial charge in [0.15, 0.2) is 5.58 Å². The number of fused-ring (bicyclic) bond motifs is 1. The SMILES string of the molecule is O=C(CSc1nc2ccccc2o1)N1CCN(c2cc(N3CCCCC3)ncn2)CC1. The summed E-state index contributed by atoms with van der Waals surface area (Å²) in [6.45, 7) is 5.06. The van der Waals surface area contributed by atoms with E-state index in [2.05, 4.69) is 30.8 Å². The van der Waals surface area contributed by atoms with Gasteiger partial charge in [-0.05, 0) is 31.4 Å². The number of piperazine rings is 1. The topological polar surface area (TPSA) is 78.6 Å². The van der Waals surface area contributed by atoms with Gasteiger partial charge in [-0.15, -0.1) is 0 Å². The molecular formula is C22H26N6O2S. The van der Waals surface area contributed by atoms with Crippen molar-refractivity contribution in [1.29, 1.82) is 0 Å². The van der Waals surface area contributed by atoms with Gasteiger partial charge >= 0.3 is 0 Å². The third-order valence-corrected chi connectivity index (χ3v) is 6.68. The van der Waals surface area contributed by atoms with E-state index in [1.54, 1.807) is 6.33 Å². The Morgan fingerprint density at radius 2 is 1.65 bits per heavy atom. The Morgan fingerprint density at radius 1 is 0.935 bits per heavy atom. The summed E-state index contributed by atoms with van der Waals surface area (Å²) in [6, 6.07) is 9.73. The molecule has 0 aliphatic carbocycles. The second-order valence-electron chi connectivity index (χ2n) is 7.89. The zero-order chi connectivity index (χ0) is 21.0. The fourth-order valence-corrected chi connectivity index (χ4v) is 4.86. The Bertz CT molecular complexity index is 1010. The number of piperidine rings is 1. The molecule has 2 aliphatic rings. The summed E-state index contributed by atoms with van der Waals surface area (Å²) in [5, 5.41) is 0.541. The van der Waals surface area contributed by atoms with E-state index in [9.17, 15) is 4.79 Å². The monoisotopic (exact) mass is 438 g/mol. The standard InChI is InChI=1S/C22H26N6O2S/c29-21(15-31-22-25-17-6-2-3-7-18(17)30-22)28-12-10-27(11-13-28)20-14-19(23-16-24-20)26-8-4-1-5-9-26/h2-3,6-7,14,16H,1,4-5,8-13,15H2.